The van der Waals surface area contributed by atoms with E-state index in [0.717, 1.165) is 6.07 Å². The van der Waals surface area contributed by atoms with Crippen LogP contribution in [0.15, 0.2) is 18.2 Å². The first-order valence-corrected chi connectivity index (χ1v) is 7.02. The topological polar surface area (TPSA) is 70.6 Å². The van der Waals surface area contributed by atoms with Gasteiger partial charge in [-0.15, -0.1) is 6.42 Å². The SMILES string of the molecule is C#CCOc1cc(F)ccc1NC(=O)NC(CCO)C(C)C. The quantitative estimate of drug-likeness (QED) is 0.677. The van der Waals surface area contributed by atoms with E-state index >= 15 is 0 Å². The number of amides is 2. The monoisotopic (exact) mass is 308 g/mol. The van der Waals surface area contributed by atoms with E-state index in [4.69, 9.17) is 16.3 Å². The van der Waals surface area contributed by atoms with E-state index in [0.29, 0.717) is 12.1 Å². The van der Waals surface area contributed by atoms with Gasteiger partial charge in [0.05, 0.1) is 5.69 Å². The van der Waals surface area contributed by atoms with Gasteiger partial charge in [0.2, 0.25) is 0 Å². The highest BCUT2D eigenvalue weighted by molar-refractivity contribution is 5.91. The van der Waals surface area contributed by atoms with E-state index in [1.165, 1.54) is 12.1 Å². The van der Waals surface area contributed by atoms with E-state index in [1.807, 2.05) is 13.8 Å². The summed E-state index contributed by atoms with van der Waals surface area (Å²) in [6.45, 7) is 3.84. The molecule has 0 spiro atoms. The van der Waals surface area contributed by atoms with Gasteiger partial charge in [-0.25, -0.2) is 9.18 Å². The maximum absolute atomic E-state index is 13.2. The van der Waals surface area contributed by atoms with Gasteiger partial charge in [-0.2, -0.15) is 0 Å². The lowest BCUT2D eigenvalue weighted by molar-refractivity contribution is 0.227. The molecule has 1 aromatic rings. The highest BCUT2D eigenvalue weighted by Gasteiger charge is 2.16. The number of nitrogens with one attached hydrogen (secondary N) is 2. The second kappa shape index (κ2) is 8.90. The van der Waals surface area contributed by atoms with Crippen LogP contribution in [0.1, 0.15) is 20.3 Å². The van der Waals surface area contributed by atoms with Crippen LogP contribution in [0.25, 0.3) is 0 Å². The number of aliphatic hydroxyl groups excluding tert-OH is 1. The van der Waals surface area contributed by atoms with Crippen molar-refractivity contribution in [2.45, 2.75) is 26.3 Å². The molecule has 0 aliphatic carbocycles. The summed E-state index contributed by atoms with van der Waals surface area (Å²) in [5, 5.41) is 14.4. The maximum Gasteiger partial charge on any atom is 0.319 e. The molecule has 1 unspecified atom stereocenters. The van der Waals surface area contributed by atoms with Crippen molar-refractivity contribution in [3.05, 3.63) is 24.0 Å². The van der Waals surface area contributed by atoms with Gasteiger partial charge in [-0.3, -0.25) is 0 Å². The summed E-state index contributed by atoms with van der Waals surface area (Å²) in [6.07, 6.45) is 5.56. The Morgan fingerprint density at radius 2 is 2.23 bits per heavy atom. The number of anilines is 1. The summed E-state index contributed by atoms with van der Waals surface area (Å²) in [5.74, 6) is 2.12. The molecule has 6 heteroatoms. The molecule has 0 aliphatic heterocycles. The van der Waals surface area contributed by atoms with Crippen LogP contribution >= 0.6 is 0 Å². The summed E-state index contributed by atoms with van der Waals surface area (Å²) in [4.78, 5) is 12.0. The Morgan fingerprint density at radius 1 is 1.50 bits per heavy atom. The van der Waals surface area contributed by atoms with Gasteiger partial charge in [0.1, 0.15) is 18.2 Å². The zero-order valence-corrected chi connectivity index (χ0v) is 12.7. The zero-order valence-electron chi connectivity index (χ0n) is 12.7. The molecule has 1 atom stereocenters. The molecular formula is C16H21FN2O3. The third-order valence-electron chi connectivity index (χ3n) is 3.06. The average molecular weight is 308 g/mol. The number of terminal acetylenes is 1. The molecule has 0 radical (unpaired) electrons. The van der Waals surface area contributed by atoms with Crippen LogP contribution in [0.3, 0.4) is 0 Å². The first-order valence-electron chi connectivity index (χ1n) is 7.02. The first-order chi connectivity index (χ1) is 10.5. The molecule has 22 heavy (non-hydrogen) atoms. The lowest BCUT2D eigenvalue weighted by atomic mass is 10.0. The number of urea groups is 1. The number of hydrogen-bond donors (Lipinski definition) is 3. The third kappa shape index (κ3) is 5.62. The molecule has 1 aromatic carbocycles. The summed E-state index contributed by atoms with van der Waals surface area (Å²) >= 11 is 0. The van der Waals surface area contributed by atoms with Crippen LogP contribution in [0.2, 0.25) is 0 Å². The van der Waals surface area contributed by atoms with Crippen LogP contribution in [-0.4, -0.2) is 30.4 Å². The highest BCUT2D eigenvalue weighted by atomic mass is 19.1. The summed E-state index contributed by atoms with van der Waals surface area (Å²) in [6, 6.07) is 3.15. The van der Waals surface area contributed by atoms with E-state index in [2.05, 4.69) is 16.6 Å². The van der Waals surface area contributed by atoms with Gasteiger partial charge < -0.3 is 20.5 Å². The van der Waals surface area contributed by atoms with E-state index in [9.17, 15) is 9.18 Å². The second-order valence-corrected chi connectivity index (χ2v) is 5.09. The fraction of sp³-hybridized carbons (Fsp3) is 0.438. The first kappa shape index (κ1) is 17.8. The zero-order chi connectivity index (χ0) is 16.5. The fourth-order valence-corrected chi connectivity index (χ4v) is 1.88. The lowest BCUT2D eigenvalue weighted by Crippen LogP contribution is -2.41. The van der Waals surface area contributed by atoms with Crippen LogP contribution < -0.4 is 15.4 Å². The molecule has 0 aliphatic rings. The Balaban J connectivity index is 2.76. The van der Waals surface area contributed by atoms with Crippen LogP contribution in [-0.2, 0) is 0 Å². The van der Waals surface area contributed by atoms with Crippen molar-refractivity contribution in [2.75, 3.05) is 18.5 Å². The highest BCUT2D eigenvalue weighted by Crippen LogP contribution is 2.25. The predicted octanol–water partition coefficient (Wildman–Crippen LogP) is 2.37. The van der Waals surface area contributed by atoms with Crippen molar-refractivity contribution in [2.24, 2.45) is 5.92 Å². The standard InChI is InChI=1S/C16H21FN2O3/c1-4-9-22-15-10-12(17)5-6-14(15)19-16(21)18-13(7-8-20)11(2)3/h1,5-6,10-11,13,20H,7-9H2,2-3H3,(H2,18,19,21). The van der Waals surface area contributed by atoms with Gasteiger partial charge in [0, 0.05) is 18.7 Å². The van der Waals surface area contributed by atoms with E-state index in [1.54, 1.807) is 0 Å². The van der Waals surface area contributed by atoms with Crippen LogP contribution in [0, 0.1) is 24.1 Å². The molecule has 0 saturated carbocycles. The normalized spacial score (nSPS) is 11.6. The maximum atomic E-state index is 13.2. The molecule has 5 nitrogen and oxygen atoms in total. The molecule has 0 aromatic heterocycles. The van der Waals surface area contributed by atoms with Crippen molar-refractivity contribution in [1.82, 2.24) is 5.32 Å². The minimum Gasteiger partial charge on any atom is -0.479 e. The Hall–Kier alpha value is -2.26. The van der Waals surface area contributed by atoms with Crippen molar-refractivity contribution >= 4 is 11.7 Å². The minimum absolute atomic E-state index is 0.0177. The van der Waals surface area contributed by atoms with Gasteiger partial charge in [-0.1, -0.05) is 19.8 Å². The Labute approximate surface area is 129 Å². The summed E-state index contributed by atoms with van der Waals surface area (Å²) < 4.78 is 18.4. The lowest BCUT2D eigenvalue weighted by Gasteiger charge is -2.22. The second-order valence-electron chi connectivity index (χ2n) is 5.09. The van der Waals surface area contributed by atoms with Crippen LogP contribution in [0.4, 0.5) is 14.9 Å². The molecule has 2 amide bonds. The average Bonchev–Trinajstić information content (AvgIpc) is 2.46. The predicted molar refractivity (Wildman–Crippen MR) is 83.2 cm³/mol. The molecule has 0 fully saturated rings. The molecule has 3 N–H and O–H groups in total. The molecule has 120 valence electrons. The van der Waals surface area contributed by atoms with E-state index in [-0.39, 0.29) is 30.9 Å². The molecule has 0 saturated heterocycles. The van der Waals surface area contributed by atoms with Crippen LogP contribution in [0.5, 0.6) is 5.75 Å². The van der Waals surface area contributed by atoms with Crippen molar-refractivity contribution < 1.29 is 19.0 Å². The smallest absolute Gasteiger partial charge is 0.319 e. The number of carbonyl (C=O) groups excluding carboxylic acids is 1. The fourth-order valence-electron chi connectivity index (χ4n) is 1.88. The van der Waals surface area contributed by atoms with Gasteiger partial charge in [0.15, 0.2) is 0 Å². The number of aliphatic hydroxyl groups is 1. The Bertz CT molecular complexity index is 541. The van der Waals surface area contributed by atoms with Crippen molar-refractivity contribution in [3.8, 4) is 18.1 Å². The van der Waals surface area contributed by atoms with E-state index < -0.39 is 11.8 Å². The largest absolute Gasteiger partial charge is 0.479 e. The number of ether oxygens (including phenoxy) is 1. The van der Waals surface area contributed by atoms with Gasteiger partial charge in [0.25, 0.3) is 0 Å². The molecule has 1 rings (SSSR count). The van der Waals surface area contributed by atoms with Crippen molar-refractivity contribution in [3.63, 3.8) is 0 Å². The minimum atomic E-state index is -0.488. The number of halogens is 1. The number of benzene rings is 1. The third-order valence-corrected chi connectivity index (χ3v) is 3.06. The number of carbonyl (C=O) groups is 1. The molecule has 0 heterocycles. The van der Waals surface area contributed by atoms with Gasteiger partial charge in [-0.05, 0) is 24.5 Å². The Kier molecular flexibility index (Phi) is 7.20. The number of hydrogen-bond acceptors (Lipinski definition) is 3. The number of rotatable bonds is 7. The molecular weight excluding hydrogens is 287 g/mol. The summed E-state index contributed by atoms with van der Waals surface area (Å²) in [7, 11) is 0. The Morgan fingerprint density at radius 3 is 2.82 bits per heavy atom. The van der Waals surface area contributed by atoms with Crippen molar-refractivity contribution in [1.29, 1.82) is 0 Å². The summed E-state index contributed by atoms with van der Waals surface area (Å²) in [5.41, 5.74) is 0.320. The van der Waals surface area contributed by atoms with Gasteiger partial charge >= 0.3 is 6.03 Å². The molecule has 0 bridgehead atoms.